The lowest BCUT2D eigenvalue weighted by atomic mass is 10.0. The molecule has 0 aliphatic heterocycles. The van der Waals surface area contributed by atoms with Crippen LogP contribution in [0.2, 0.25) is 5.02 Å². The Kier molecular flexibility index (Phi) is 5.01. The lowest BCUT2D eigenvalue weighted by molar-refractivity contribution is -0.127. The summed E-state index contributed by atoms with van der Waals surface area (Å²) in [6, 6.07) is 9.12. The number of carbonyl (C=O) groups is 1. The van der Waals surface area contributed by atoms with Gasteiger partial charge in [0.2, 0.25) is 0 Å². The van der Waals surface area contributed by atoms with E-state index in [0.717, 1.165) is 4.88 Å². The molecule has 1 aromatic carbocycles. The van der Waals surface area contributed by atoms with Gasteiger partial charge in [-0.1, -0.05) is 36.4 Å². The fourth-order valence-electron chi connectivity index (χ4n) is 2.34. The van der Waals surface area contributed by atoms with E-state index >= 15 is 0 Å². The smallest absolute Gasteiger partial charge is 0.261 e. The lowest BCUT2D eigenvalue weighted by Crippen LogP contribution is -2.36. The van der Waals surface area contributed by atoms with E-state index in [1.54, 1.807) is 29.5 Å². The highest BCUT2D eigenvalue weighted by Crippen LogP contribution is 2.25. The maximum atomic E-state index is 12.2. The number of hydrogen-bond acceptors (Lipinski definition) is 5. The Labute approximate surface area is 148 Å². The quantitative estimate of drug-likeness (QED) is 0.729. The Bertz CT molecular complexity index is 832. The Morgan fingerprint density at radius 1 is 1.42 bits per heavy atom. The summed E-state index contributed by atoms with van der Waals surface area (Å²) in [6.07, 6.45) is 0. The van der Waals surface area contributed by atoms with Crippen molar-refractivity contribution in [3.63, 3.8) is 0 Å². The second-order valence-electron chi connectivity index (χ2n) is 5.67. The van der Waals surface area contributed by atoms with Gasteiger partial charge in [-0.15, -0.1) is 16.4 Å². The number of hydrogen-bond donors (Lipinski definition) is 1. The molecule has 0 saturated heterocycles. The Balaban J connectivity index is 1.65. The van der Waals surface area contributed by atoms with Crippen LogP contribution in [0.4, 0.5) is 0 Å². The topological polar surface area (TPSA) is 69.0 Å². The summed E-state index contributed by atoms with van der Waals surface area (Å²) in [5, 5.41) is 13.4. The third-order valence-electron chi connectivity index (χ3n) is 3.53. The van der Waals surface area contributed by atoms with Gasteiger partial charge >= 0.3 is 0 Å². The van der Waals surface area contributed by atoms with Crippen molar-refractivity contribution in [3.8, 4) is 0 Å². The van der Waals surface area contributed by atoms with Crippen molar-refractivity contribution in [2.75, 3.05) is 6.61 Å². The number of benzene rings is 1. The van der Waals surface area contributed by atoms with E-state index in [-0.39, 0.29) is 24.5 Å². The van der Waals surface area contributed by atoms with Crippen LogP contribution in [-0.2, 0) is 4.79 Å². The number of thiophene rings is 1. The highest BCUT2D eigenvalue weighted by molar-refractivity contribution is 7.10. The molecule has 3 aromatic rings. The molecule has 0 saturated carbocycles. The summed E-state index contributed by atoms with van der Waals surface area (Å²) in [7, 11) is 0. The predicted octanol–water partition coefficient (Wildman–Crippen LogP) is 3.09. The van der Waals surface area contributed by atoms with Crippen molar-refractivity contribution in [3.05, 3.63) is 45.6 Å². The van der Waals surface area contributed by atoms with E-state index in [1.807, 2.05) is 17.5 Å². The van der Waals surface area contributed by atoms with E-state index in [1.165, 1.54) is 4.85 Å². The summed E-state index contributed by atoms with van der Waals surface area (Å²) >= 11 is 7.59. The van der Waals surface area contributed by atoms with Gasteiger partial charge in [0.25, 0.3) is 5.91 Å². The third-order valence-corrected chi connectivity index (χ3v) is 4.72. The van der Waals surface area contributed by atoms with Crippen LogP contribution >= 0.6 is 22.9 Å². The molecule has 6 nitrogen and oxygen atoms in total. The molecule has 1 N–H and O–H groups in total. The molecule has 24 heavy (non-hydrogen) atoms. The number of nitrogens with zero attached hydrogens (tertiary/aromatic N) is 3. The van der Waals surface area contributed by atoms with Gasteiger partial charge in [-0.05, 0) is 40.8 Å². The standard InChI is InChI=1S/C16H17ClN4O2S/c1-10(2)16(14-4-3-7-24-14)18-15(22)9-23-21-13-8-11(17)5-6-12(13)19-20-21/h3-8,10,16H,9H2,1-2H3,(H,18,22). The first kappa shape index (κ1) is 16.7. The first-order valence-electron chi connectivity index (χ1n) is 7.51. The minimum Gasteiger partial charge on any atom is -0.385 e. The average molecular weight is 365 g/mol. The van der Waals surface area contributed by atoms with E-state index < -0.39 is 0 Å². The highest BCUT2D eigenvalue weighted by Gasteiger charge is 2.19. The van der Waals surface area contributed by atoms with Crippen molar-refractivity contribution in [2.24, 2.45) is 5.92 Å². The van der Waals surface area contributed by atoms with Gasteiger partial charge in [0, 0.05) is 9.90 Å². The Morgan fingerprint density at radius 3 is 2.96 bits per heavy atom. The summed E-state index contributed by atoms with van der Waals surface area (Å²) in [5.74, 6) is 0.0615. The van der Waals surface area contributed by atoms with Gasteiger partial charge in [0.15, 0.2) is 6.61 Å². The maximum Gasteiger partial charge on any atom is 0.261 e. The third kappa shape index (κ3) is 3.68. The molecule has 0 aliphatic carbocycles. The van der Waals surface area contributed by atoms with Crippen molar-refractivity contribution in [1.29, 1.82) is 0 Å². The minimum absolute atomic E-state index is 0.0389. The van der Waals surface area contributed by atoms with Gasteiger partial charge in [-0.25, -0.2) is 0 Å². The van der Waals surface area contributed by atoms with E-state index in [9.17, 15) is 4.79 Å². The molecule has 0 aliphatic rings. The molecule has 0 fully saturated rings. The fraction of sp³-hybridized carbons (Fsp3) is 0.312. The maximum absolute atomic E-state index is 12.2. The molecule has 0 bridgehead atoms. The largest absolute Gasteiger partial charge is 0.385 e. The van der Waals surface area contributed by atoms with Crippen molar-refractivity contribution < 1.29 is 9.63 Å². The molecule has 1 amide bonds. The van der Waals surface area contributed by atoms with Crippen molar-refractivity contribution in [2.45, 2.75) is 19.9 Å². The zero-order chi connectivity index (χ0) is 17.1. The number of nitrogens with one attached hydrogen (secondary N) is 1. The molecule has 0 radical (unpaired) electrons. The summed E-state index contributed by atoms with van der Waals surface area (Å²) < 4.78 is 0. The van der Waals surface area contributed by atoms with Gasteiger partial charge in [-0.2, -0.15) is 0 Å². The monoisotopic (exact) mass is 364 g/mol. The summed E-state index contributed by atoms with van der Waals surface area (Å²) in [5.41, 5.74) is 1.27. The first-order chi connectivity index (χ1) is 11.5. The molecule has 1 atom stereocenters. The molecule has 0 spiro atoms. The van der Waals surface area contributed by atoms with Crippen LogP contribution in [0.3, 0.4) is 0 Å². The van der Waals surface area contributed by atoms with Crippen LogP contribution in [0.1, 0.15) is 24.8 Å². The number of halogens is 1. The first-order valence-corrected chi connectivity index (χ1v) is 8.77. The number of amides is 1. The zero-order valence-electron chi connectivity index (χ0n) is 13.3. The van der Waals surface area contributed by atoms with Gasteiger partial charge < -0.3 is 10.2 Å². The van der Waals surface area contributed by atoms with Crippen LogP contribution in [0.25, 0.3) is 11.0 Å². The normalized spacial score (nSPS) is 12.5. The van der Waals surface area contributed by atoms with Crippen molar-refractivity contribution >= 4 is 39.9 Å². The van der Waals surface area contributed by atoms with Crippen LogP contribution < -0.4 is 10.2 Å². The van der Waals surface area contributed by atoms with E-state index in [2.05, 4.69) is 29.5 Å². The van der Waals surface area contributed by atoms with E-state index in [4.69, 9.17) is 16.4 Å². The van der Waals surface area contributed by atoms with Gasteiger partial charge in [-0.3, -0.25) is 4.79 Å². The number of aromatic nitrogens is 3. The Hall–Kier alpha value is -2.12. The van der Waals surface area contributed by atoms with Crippen LogP contribution in [0.15, 0.2) is 35.7 Å². The van der Waals surface area contributed by atoms with Crippen LogP contribution in [0.5, 0.6) is 0 Å². The molecular formula is C16H17ClN4O2S. The second kappa shape index (κ2) is 7.19. The minimum atomic E-state index is -0.215. The molecule has 8 heteroatoms. The predicted molar refractivity (Wildman–Crippen MR) is 94.0 cm³/mol. The molecule has 2 heterocycles. The summed E-state index contributed by atoms with van der Waals surface area (Å²) in [6.45, 7) is 3.98. The molecule has 1 unspecified atom stereocenters. The van der Waals surface area contributed by atoms with Crippen LogP contribution in [0, 0.1) is 5.92 Å². The Morgan fingerprint density at radius 2 is 2.25 bits per heavy atom. The second-order valence-corrected chi connectivity index (χ2v) is 7.09. The highest BCUT2D eigenvalue weighted by atomic mass is 35.5. The summed E-state index contributed by atoms with van der Waals surface area (Å²) in [4.78, 5) is 20.0. The average Bonchev–Trinajstić information content (AvgIpc) is 3.20. The number of fused-ring (bicyclic) bond motifs is 1. The van der Waals surface area contributed by atoms with Crippen molar-refractivity contribution in [1.82, 2.24) is 20.5 Å². The molecular weight excluding hydrogens is 348 g/mol. The number of rotatable bonds is 6. The van der Waals surface area contributed by atoms with Gasteiger partial charge in [0.05, 0.1) is 6.04 Å². The fourth-order valence-corrected chi connectivity index (χ4v) is 3.45. The SMILES string of the molecule is CC(C)C(NC(=O)COn1nnc2ccc(Cl)cc21)c1cccs1. The molecule has 2 aromatic heterocycles. The van der Waals surface area contributed by atoms with E-state index in [0.29, 0.717) is 16.1 Å². The van der Waals surface area contributed by atoms with Crippen LogP contribution in [-0.4, -0.2) is 27.7 Å². The molecule has 126 valence electrons. The lowest BCUT2D eigenvalue weighted by Gasteiger charge is -2.21. The van der Waals surface area contributed by atoms with Gasteiger partial charge in [0.1, 0.15) is 11.0 Å². The number of carbonyl (C=O) groups excluding carboxylic acids is 1. The molecule has 3 rings (SSSR count). The zero-order valence-corrected chi connectivity index (χ0v) is 14.8.